The van der Waals surface area contributed by atoms with Gasteiger partial charge in [-0.25, -0.2) is 0 Å². The maximum atomic E-state index is 12.3. The van der Waals surface area contributed by atoms with Gasteiger partial charge < -0.3 is 14.2 Å². The number of allylic oxidation sites excluding steroid dienone is 1. The molecule has 132 valence electrons. The van der Waals surface area contributed by atoms with E-state index in [0.29, 0.717) is 11.3 Å². The van der Waals surface area contributed by atoms with E-state index < -0.39 is 6.61 Å². The number of methoxy groups -OCH3 is 2. The van der Waals surface area contributed by atoms with Gasteiger partial charge in [0.2, 0.25) is 0 Å². The van der Waals surface area contributed by atoms with E-state index in [-0.39, 0.29) is 17.3 Å². The SMILES string of the molecule is COc1ccc(/C=C/C(=O)c2ccc(OC(F)F)c(OC)c2)cc1Br. The zero-order chi connectivity index (χ0) is 18.4. The lowest BCUT2D eigenvalue weighted by molar-refractivity contribution is -0.0512. The van der Waals surface area contributed by atoms with Crippen LogP contribution in [0.15, 0.2) is 46.9 Å². The molecular weight excluding hydrogens is 398 g/mol. The van der Waals surface area contributed by atoms with E-state index in [4.69, 9.17) is 9.47 Å². The number of carbonyl (C=O) groups is 1. The number of ketones is 1. The molecule has 4 nitrogen and oxygen atoms in total. The summed E-state index contributed by atoms with van der Waals surface area (Å²) in [6, 6.07) is 9.41. The standard InChI is InChI=1S/C18H15BrF2O4/c1-23-15-7-4-11(9-13(15)19)3-6-14(22)12-5-8-16(25-18(20)21)17(10-12)24-2/h3-10,18H,1-2H3/b6-3+. The fourth-order valence-electron chi connectivity index (χ4n) is 2.07. The summed E-state index contributed by atoms with van der Waals surface area (Å²) >= 11 is 3.37. The van der Waals surface area contributed by atoms with E-state index in [0.717, 1.165) is 10.0 Å². The summed E-state index contributed by atoms with van der Waals surface area (Å²) in [6.45, 7) is -2.97. The second-order valence-electron chi connectivity index (χ2n) is 4.84. The Morgan fingerprint density at radius 1 is 1.04 bits per heavy atom. The van der Waals surface area contributed by atoms with Gasteiger partial charge in [0.25, 0.3) is 0 Å². The van der Waals surface area contributed by atoms with Crippen LogP contribution in [0.25, 0.3) is 6.08 Å². The zero-order valence-electron chi connectivity index (χ0n) is 13.5. The van der Waals surface area contributed by atoms with Crippen molar-refractivity contribution in [2.24, 2.45) is 0 Å². The minimum atomic E-state index is -2.97. The first-order valence-electron chi connectivity index (χ1n) is 7.13. The normalized spacial score (nSPS) is 11.0. The van der Waals surface area contributed by atoms with Crippen LogP contribution in [0.2, 0.25) is 0 Å². The molecule has 0 saturated carbocycles. The average Bonchev–Trinajstić information content (AvgIpc) is 2.59. The molecule has 0 aliphatic heterocycles. The van der Waals surface area contributed by atoms with E-state index in [1.807, 2.05) is 6.07 Å². The van der Waals surface area contributed by atoms with Crippen LogP contribution >= 0.6 is 15.9 Å². The van der Waals surface area contributed by atoms with E-state index >= 15 is 0 Å². The third-order valence-electron chi connectivity index (χ3n) is 3.27. The predicted molar refractivity (Wildman–Crippen MR) is 93.7 cm³/mol. The molecule has 2 aromatic rings. The highest BCUT2D eigenvalue weighted by atomic mass is 79.9. The van der Waals surface area contributed by atoms with Gasteiger partial charge in [-0.2, -0.15) is 8.78 Å². The average molecular weight is 413 g/mol. The molecule has 0 heterocycles. The fourth-order valence-corrected chi connectivity index (χ4v) is 2.63. The van der Waals surface area contributed by atoms with E-state index in [1.165, 1.54) is 31.4 Å². The third kappa shape index (κ3) is 5.03. The molecule has 0 bridgehead atoms. The Hall–Kier alpha value is -2.41. The molecular formula is C18H15BrF2O4. The van der Waals surface area contributed by atoms with Crippen molar-refractivity contribution in [3.63, 3.8) is 0 Å². The smallest absolute Gasteiger partial charge is 0.387 e. The van der Waals surface area contributed by atoms with Gasteiger partial charge >= 0.3 is 6.61 Å². The molecule has 0 spiro atoms. The first kappa shape index (κ1) is 18.9. The lowest BCUT2D eigenvalue weighted by Gasteiger charge is -2.10. The molecule has 0 aromatic heterocycles. The summed E-state index contributed by atoms with van der Waals surface area (Å²) in [5.74, 6) is 0.320. The van der Waals surface area contributed by atoms with Crippen molar-refractivity contribution < 1.29 is 27.8 Å². The van der Waals surface area contributed by atoms with Gasteiger partial charge in [0.15, 0.2) is 17.3 Å². The monoisotopic (exact) mass is 412 g/mol. The van der Waals surface area contributed by atoms with Crippen LogP contribution in [0.3, 0.4) is 0 Å². The minimum Gasteiger partial charge on any atom is -0.496 e. The molecule has 0 fully saturated rings. The summed E-state index contributed by atoms with van der Waals surface area (Å²) in [6.07, 6.45) is 3.03. The molecule has 0 saturated heterocycles. The molecule has 25 heavy (non-hydrogen) atoms. The Morgan fingerprint density at radius 3 is 2.32 bits per heavy atom. The van der Waals surface area contributed by atoms with Crippen LogP contribution < -0.4 is 14.2 Å². The van der Waals surface area contributed by atoms with Gasteiger partial charge in [0.1, 0.15) is 5.75 Å². The Bertz CT molecular complexity index is 791. The van der Waals surface area contributed by atoms with Gasteiger partial charge in [-0.15, -0.1) is 0 Å². The molecule has 0 atom stereocenters. The minimum absolute atomic E-state index is 0.0618. The number of alkyl halides is 2. The number of benzene rings is 2. The quantitative estimate of drug-likeness (QED) is 0.475. The number of rotatable bonds is 7. The predicted octanol–water partition coefficient (Wildman–Crippen LogP) is 4.96. The van der Waals surface area contributed by atoms with Crippen molar-refractivity contribution in [1.82, 2.24) is 0 Å². The van der Waals surface area contributed by atoms with Gasteiger partial charge in [0, 0.05) is 5.56 Å². The summed E-state index contributed by atoms with van der Waals surface area (Å²) in [5, 5.41) is 0. The molecule has 2 rings (SSSR count). The molecule has 0 aliphatic carbocycles. The third-order valence-corrected chi connectivity index (χ3v) is 3.89. The number of hydrogen-bond donors (Lipinski definition) is 0. The van der Waals surface area contributed by atoms with E-state index in [1.54, 1.807) is 25.3 Å². The van der Waals surface area contributed by atoms with Crippen molar-refractivity contribution in [2.45, 2.75) is 6.61 Å². The molecule has 0 unspecified atom stereocenters. The maximum absolute atomic E-state index is 12.3. The fraction of sp³-hybridized carbons (Fsp3) is 0.167. The number of hydrogen-bond acceptors (Lipinski definition) is 4. The molecule has 0 amide bonds. The van der Waals surface area contributed by atoms with Crippen molar-refractivity contribution in [3.05, 3.63) is 58.1 Å². The summed E-state index contributed by atoms with van der Waals surface area (Å²) < 4.78 is 39.9. The summed E-state index contributed by atoms with van der Waals surface area (Å²) in [5.41, 5.74) is 1.09. The molecule has 2 aromatic carbocycles. The Morgan fingerprint density at radius 2 is 1.72 bits per heavy atom. The van der Waals surface area contributed by atoms with Crippen LogP contribution in [-0.2, 0) is 0 Å². The highest BCUT2D eigenvalue weighted by Crippen LogP contribution is 2.30. The lowest BCUT2D eigenvalue weighted by Crippen LogP contribution is -2.04. The summed E-state index contributed by atoms with van der Waals surface area (Å²) in [4.78, 5) is 12.3. The highest BCUT2D eigenvalue weighted by molar-refractivity contribution is 9.10. The van der Waals surface area contributed by atoms with Crippen molar-refractivity contribution >= 4 is 27.8 Å². The van der Waals surface area contributed by atoms with Gasteiger partial charge in [0.05, 0.1) is 18.7 Å². The van der Waals surface area contributed by atoms with Gasteiger partial charge in [-0.3, -0.25) is 4.79 Å². The van der Waals surface area contributed by atoms with Crippen LogP contribution in [0.4, 0.5) is 8.78 Å². The number of halogens is 3. The van der Waals surface area contributed by atoms with E-state index in [2.05, 4.69) is 20.7 Å². The maximum Gasteiger partial charge on any atom is 0.387 e. The summed E-state index contributed by atoms with van der Waals surface area (Å²) in [7, 11) is 2.88. The van der Waals surface area contributed by atoms with Crippen LogP contribution in [0.5, 0.6) is 17.2 Å². The van der Waals surface area contributed by atoms with Crippen molar-refractivity contribution in [1.29, 1.82) is 0 Å². The van der Waals surface area contributed by atoms with Crippen molar-refractivity contribution in [3.8, 4) is 17.2 Å². The molecule has 0 N–H and O–H groups in total. The van der Waals surface area contributed by atoms with Crippen LogP contribution in [0.1, 0.15) is 15.9 Å². The second kappa shape index (κ2) is 8.62. The Balaban J connectivity index is 2.18. The second-order valence-corrected chi connectivity index (χ2v) is 5.69. The molecule has 0 radical (unpaired) electrons. The Kier molecular flexibility index (Phi) is 6.52. The molecule has 0 aliphatic rings. The van der Waals surface area contributed by atoms with Crippen LogP contribution in [0, 0.1) is 0 Å². The van der Waals surface area contributed by atoms with Crippen LogP contribution in [-0.4, -0.2) is 26.6 Å². The topological polar surface area (TPSA) is 44.8 Å². The first-order chi connectivity index (χ1) is 11.9. The zero-order valence-corrected chi connectivity index (χ0v) is 15.0. The largest absolute Gasteiger partial charge is 0.496 e. The first-order valence-corrected chi connectivity index (χ1v) is 7.92. The lowest BCUT2D eigenvalue weighted by atomic mass is 10.1. The Labute approximate surface area is 152 Å². The number of ether oxygens (including phenoxy) is 3. The molecule has 7 heteroatoms. The number of carbonyl (C=O) groups excluding carboxylic acids is 1. The van der Waals surface area contributed by atoms with E-state index in [9.17, 15) is 13.6 Å². The van der Waals surface area contributed by atoms with Crippen molar-refractivity contribution in [2.75, 3.05) is 14.2 Å². The highest BCUT2D eigenvalue weighted by Gasteiger charge is 2.13. The van der Waals surface area contributed by atoms with Gasteiger partial charge in [-0.05, 0) is 57.9 Å². The van der Waals surface area contributed by atoms with Gasteiger partial charge in [-0.1, -0.05) is 12.1 Å².